The number of benzene rings is 1. The molecule has 0 radical (unpaired) electrons. The highest BCUT2D eigenvalue weighted by Crippen LogP contribution is 2.20. The fourth-order valence-electron chi connectivity index (χ4n) is 1.32. The second kappa shape index (κ2) is 4.41. The van der Waals surface area contributed by atoms with Crippen molar-refractivity contribution >= 4 is 10.1 Å². The highest BCUT2D eigenvalue weighted by Gasteiger charge is 2.22. The number of nitrogens with zero attached hydrogens (tertiary/aromatic N) is 2. The van der Waals surface area contributed by atoms with Crippen LogP contribution in [0.3, 0.4) is 0 Å². The maximum Gasteiger partial charge on any atom is 0.358 e. The topological polar surface area (TPSA) is 61.2 Å². The zero-order chi connectivity index (χ0) is 13.3. The van der Waals surface area contributed by atoms with Gasteiger partial charge in [-0.25, -0.2) is 9.37 Å². The van der Waals surface area contributed by atoms with Crippen molar-refractivity contribution in [3.8, 4) is 5.75 Å². The summed E-state index contributed by atoms with van der Waals surface area (Å²) in [5.74, 6) is -0.569. The van der Waals surface area contributed by atoms with Gasteiger partial charge in [0.2, 0.25) is 5.03 Å². The molecule has 2 rings (SSSR count). The van der Waals surface area contributed by atoms with Gasteiger partial charge in [0, 0.05) is 13.2 Å². The van der Waals surface area contributed by atoms with Gasteiger partial charge in [0.1, 0.15) is 5.82 Å². The van der Waals surface area contributed by atoms with Crippen molar-refractivity contribution in [2.75, 3.05) is 0 Å². The molecule has 18 heavy (non-hydrogen) atoms. The zero-order valence-corrected chi connectivity index (χ0v) is 10.6. The van der Waals surface area contributed by atoms with E-state index in [1.807, 2.05) is 0 Å². The number of aromatic nitrogens is 2. The lowest BCUT2D eigenvalue weighted by Crippen LogP contribution is -2.11. The minimum Gasteiger partial charge on any atom is -0.375 e. The van der Waals surface area contributed by atoms with Gasteiger partial charge < -0.3 is 8.75 Å². The van der Waals surface area contributed by atoms with Gasteiger partial charge >= 0.3 is 10.1 Å². The van der Waals surface area contributed by atoms with E-state index in [-0.39, 0.29) is 10.8 Å². The number of hydrogen-bond acceptors (Lipinski definition) is 4. The van der Waals surface area contributed by atoms with E-state index in [9.17, 15) is 12.8 Å². The SMILES string of the molecule is Cc1nc(S(=O)(=O)Oc2ccccc2F)cn1C. The van der Waals surface area contributed by atoms with E-state index in [0.29, 0.717) is 5.82 Å². The maximum atomic E-state index is 13.3. The predicted molar refractivity (Wildman–Crippen MR) is 62.2 cm³/mol. The van der Waals surface area contributed by atoms with Crippen LogP contribution in [0.1, 0.15) is 5.82 Å². The summed E-state index contributed by atoms with van der Waals surface area (Å²) in [6, 6.07) is 5.29. The first kappa shape index (κ1) is 12.6. The molecule has 0 unspecified atom stereocenters. The number of hydrogen-bond donors (Lipinski definition) is 0. The summed E-state index contributed by atoms with van der Waals surface area (Å²) in [4.78, 5) is 3.84. The quantitative estimate of drug-likeness (QED) is 0.795. The summed E-state index contributed by atoms with van der Waals surface area (Å²) >= 11 is 0. The maximum absolute atomic E-state index is 13.3. The van der Waals surface area contributed by atoms with Gasteiger partial charge in [0.05, 0.1) is 0 Å². The number of rotatable bonds is 3. The summed E-state index contributed by atoms with van der Waals surface area (Å²) in [5, 5.41) is -0.245. The van der Waals surface area contributed by atoms with E-state index >= 15 is 0 Å². The molecule has 0 aliphatic rings. The lowest BCUT2D eigenvalue weighted by atomic mass is 10.3. The number of aryl methyl sites for hydroxylation is 2. The minimum atomic E-state index is -4.11. The van der Waals surface area contributed by atoms with Gasteiger partial charge in [-0.3, -0.25) is 0 Å². The Kier molecular flexibility index (Phi) is 3.08. The first-order valence-corrected chi connectivity index (χ1v) is 6.50. The second-order valence-electron chi connectivity index (χ2n) is 3.71. The fraction of sp³-hybridized carbons (Fsp3) is 0.182. The zero-order valence-electron chi connectivity index (χ0n) is 9.79. The lowest BCUT2D eigenvalue weighted by molar-refractivity contribution is 0.459. The first-order chi connectivity index (χ1) is 8.40. The number of halogens is 1. The molecule has 0 spiro atoms. The molecule has 0 bridgehead atoms. The average molecular weight is 270 g/mol. The van der Waals surface area contributed by atoms with Crippen LogP contribution in [0.2, 0.25) is 0 Å². The van der Waals surface area contributed by atoms with E-state index in [1.54, 1.807) is 14.0 Å². The molecule has 0 amide bonds. The van der Waals surface area contributed by atoms with E-state index in [1.165, 1.54) is 29.0 Å². The van der Waals surface area contributed by atoms with Gasteiger partial charge in [-0.2, -0.15) is 8.42 Å². The molecule has 7 heteroatoms. The molecule has 5 nitrogen and oxygen atoms in total. The summed E-state index contributed by atoms with van der Waals surface area (Å²) < 4.78 is 43.3. The van der Waals surface area contributed by atoms with Crippen molar-refractivity contribution < 1.29 is 17.0 Å². The smallest absolute Gasteiger partial charge is 0.358 e. The average Bonchev–Trinajstić information content (AvgIpc) is 2.63. The Morgan fingerprint density at radius 1 is 1.33 bits per heavy atom. The standard InChI is InChI=1S/C11H11FN2O3S/c1-8-13-11(7-14(8)2)18(15,16)17-10-6-4-3-5-9(10)12/h3-7H,1-2H3. The van der Waals surface area contributed by atoms with Crippen LogP contribution < -0.4 is 4.18 Å². The van der Waals surface area contributed by atoms with Crippen LogP contribution in [0.25, 0.3) is 0 Å². The van der Waals surface area contributed by atoms with Gasteiger partial charge in [-0.15, -0.1) is 0 Å². The normalized spacial score (nSPS) is 11.5. The highest BCUT2D eigenvalue weighted by molar-refractivity contribution is 7.87. The summed E-state index contributed by atoms with van der Waals surface area (Å²) in [5.41, 5.74) is 0. The van der Waals surface area contributed by atoms with Crippen LogP contribution >= 0.6 is 0 Å². The molecular formula is C11H11FN2O3S. The van der Waals surface area contributed by atoms with Crippen molar-refractivity contribution in [3.05, 3.63) is 42.1 Å². The van der Waals surface area contributed by atoms with Crippen LogP contribution in [-0.4, -0.2) is 18.0 Å². The second-order valence-corrected chi connectivity index (χ2v) is 5.20. The van der Waals surface area contributed by atoms with E-state index in [2.05, 4.69) is 4.98 Å². The van der Waals surface area contributed by atoms with Crippen LogP contribution in [-0.2, 0) is 17.2 Å². The summed E-state index contributed by atoms with van der Waals surface area (Å²) in [7, 11) is -2.45. The van der Waals surface area contributed by atoms with E-state index in [0.717, 1.165) is 6.07 Å². The van der Waals surface area contributed by atoms with Gasteiger partial charge in [-0.05, 0) is 19.1 Å². The molecule has 0 fully saturated rings. The fourth-order valence-corrected chi connectivity index (χ4v) is 2.31. The van der Waals surface area contributed by atoms with Gasteiger partial charge in [0.25, 0.3) is 0 Å². The molecule has 0 N–H and O–H groups in total. The molecule has 0 aliphatic carbocycles. The van der Waals surface area contributed by atoms with Crippen LogP contribution in [0.4, 0.5) is 4.39 Å². The van der Waals surface area contributed by atoms with Crippen LogP contribution in [0.5, 0.6) is 5.75 Å². The molecule has 0 atom stereocenters. The lowest BCUT2D eigenvalue weighted by Gasteiger charge is -2.04. The summed E-state index contributed by atoms with van der Waals surface area (Å²) in [6.45, 7) is 1.65. The van der Waals surface area contributed by atoms with Crippen LogP contribution in [0, 0.1) is 12.7 Å². The highest BCUT2D eigenvalue weighted by atomic mass is 32.2. The molecule has 96 valence electrons. The largest absolute Gasteiger partial charge is 0.375 e. The van der Waals surface area contributed by atoms with Crippen molar-refractivity contribution in [2.45, 2.75) is 11.9 Å². The van der Waals surface area contributed by atoms with Crippen molar-refractivity contribution in [1.29, 1.82) is 0 Å². The van der Waals surface area contributed by atoms with E-state index in [4.69, 9.17) is 4.18 Å². The van der Waals surface area contributed by atoms with Gasteiger partial charge in [0.15, 0.2) is 11.6 Å². The van der Waals surface area contributed by atoms with Crippen molar-refractivity contribution in [1.82, 2.24) is 9.55 Å². The Labute approximate surface area is 104 Å². The van der Waals surface area contributed by atoms with Crippen LogP contribution in [0.15, 0.2) is 35.5 Å². The number of para-hydroxylation sites is 1. The Balaban J connectivity index is 2.36. The third-order valence-corrected chi connectivity index (χ3v) is 3.49. The molecule has 2 aromatic rings. The van der Waals surface area contributed by atoms with Crippen molar-refractivity contribution in [3.63, 3.8) is 0 Å². The third kappa shape index (κ3) is 2.35. The third-order valence-electron chi connectivity index (χ3n) is 2.38. The van der Waals surface area contributed by atoms with Gasteiger partial charge in [-0.1, -0.05) is 12.1 Å². The molecule has 1 heterocycles. The minimum absolute atomic E-state index is 0.245. The Morgan fingerprint density at radius 3 is 2.56 bits per heavy atom. The molecule has 0 saturated carbocycles. The molecule has 1 aromatic carbocycles. The Bertz CT molecular complexity index is 660. The molecule has 0 saturated heterocycles. The monoisotopic (exact) mass is 270 g/mol. The molecule has 0 aliphatic heterocycles. The molecule has 1 aromatic heterocycles. The van der Waals surface area contributed by atoms with Crippen molar-refractivity contribution in [2.24, 2.45) is 7.05 Å². The Morgan fingerprint density at radius 2 is 2.00 bits per heavy atom. The summed E-state index contributed by atoms with van der Waals surface area (Å²) in [6.07, 6.45) is 1.31. The number of imidazole rings is 1. The predicted octanol–water partition coefficient (Wildman–Crippen LogP) is 1.64. The first-order valence-electron chi connectivity index (χ1n) is 5.09. The van der Waals surface area contributed by atoms with E-state index < -0.39 is 15.9 Å². The Hall–Kier alpha value is -1.89. The molecular weight excluding hydrogens is 259 g/mol.